The van der Waals surface area contributed by atoms with E-state index in [1.807, 2.05) is 17.7 Å². The molecule has 0 saturated heterocycles. The number of aromatic nitrogens is 4. The Hall–Kier alpha value is -2.96. The predicted octanol–water partition coefficient (Wildman–Crippen LogP) is 3.21. The van der Waals surface area contributed by atoms with Gasteiger partial charge < -0.3 is 0 Å². The van der Waals surface area contributed by atoms with Gasteiger partial charge in [-0.2, -0.15) is 10.2 Å². The van der Waals surface area contributed by atoms with E-state index in [0.717, 1.165) is 12.2 Å². The van der Waals surface area contributed by atoms with Crippen LogP contribution in [-0.2, 0) is 0 Å². The van der Waals surface area contributed by atoms with Gasteiger partial charge in [-0.3, -0.25) is 9.69 Å². The predicted molar refractivity (Wildman–Crippen MR) is 91.3 cm³/mol. The molecule has 0 radical (unpaired) electrons. The summed E-state index contributed by atoms with van der Waals surface area (Å²) >= 11 is 0. The molecule has 25 heavy (non-hydrogen) atoms. The van der Waals surface area contributed by atoms with Gasteiger partial charge in [0.2, 0.25) is 0 Å². The van der Waals surface area contributed by atoms with Crippen LogP contribution in [0.25, 0.3) is 5.69 Å². The van der Waals surface area contributed by atoms with Crippen LogP contribution in [0.2, 0.25) is 0 Å². The first-order valence-electron chi connectivity index (χ1n) is 8.24. The number of benzene rings is 1. The van der Waals surface area contributed by atoms with Gasteiger partial charge in [0.1, 0.15) is 17.3 Å². The SMILES string of the molecule is C[C@@H]1C[C@@H](C)n2nccc2N1C(=O)c1ccn(-c2ccccc2F)n1. The van der Waals surface area contributed by atoms with Gasteiger partial charge in [0.25, 0.3) is 5.91 Å². The molecule has 2 atom stereocenters. The Balaban J connectivity index is 1.69. The molecule has 128 valence electrons. The summed E-state index contributed by atoms with van der Waals surface area (Å²) < 4.78 is 17.2. The second-order valence-corrected chi connectivity index (χ2v) is 6.34. The highest BCUT2D eigenvalue weighted by Crippen LogP contribution is 2.32. The average Bonchev–Trinajstić information content (AvgIpc) is 3.24. The van der Waals surface area contributed by atoms with Gasteiger partial charge in [0.05, 0.1) is 12.2 Å². The van der Waals surface area contributed by atoms with Crippen LogP contribution in [0.5, 0.6) is 0 Å². The summed E-state index contributed by atoms with van der Waals surface area (Å²) in [5, 5.41) is 8.59. The average molecular weight is 339 g/mol. The number of halogens is 1. The summed E-state index contributed by atoms with van der Waals surface area (Å²) in [6, 6.07) is 10.0. The molecule has 0 spiro atoms. The third-order valence-electron chi connectivity index (χ3n) is 4.56. The number of para-hydroxylation sites is 1. The second-order valence-electron chi connectivity index (χ2n) is 6.34. The molecule has 0 unspecified atom stereocenters. The second kappa shape index (κ2) is 5.84. The lowest BCUT2D eigenvalue weighted by Gasteiger charge is -2.36. The van der Waals surface area contributed by atoms with E-state index in [1.54, 1.807) is 41.6 Å². The van der Waals surface area contributed by atoms with Crippen LogP contribution in [0.1, 0.15) is 36.8 Å². The highest BCUT2D eigenvalue weighted by molar-refractivity contribution is 6.04. The van der Waals surface area contributed by atoms with Crippen molar-refractivity contribution in [3.8, 4) is 5.69 Å². The number of carbonyl (C=O) groups is 1. The first-order valence-corrected chi connectivity index (χ1v) is 8.24. The minimum absolute atomic E-state index is 0.0327. The van der Waals surface area contributed by atoms with Crippen LogP contribution < -0.4 is 4.90 Å². The van der Waals surface area contributed by atoms with Crippen molar-refractivity contribution < 1.29 is 9.18 Å². The molecule has 1 aromatic carbocycles. The minimum atomic E-state index is -0.386. The fourth-order valence-electron chi connectivity index (χ4n) is 3.40. The van der Waals surface area contributed by atoms with Crippen molar-refractivity contribution in [3.63, 3.8) is 0 Å². The maximum Gasteiger partial charge on any atom is 0.280 e. The van der Waals surface area contributed by atoms with Crippen molar-refractivity contribution in [3.05, 3.63) is 60.3 Å². The molecule has 1 aliphatic rings. The summed E-state index contributed by atoms with van der Waals surface area (Å²) in [7, 11) is 0. The monoisotopic (exact) mass is 339 g/mol. The van der Waals surface area contributed by atoms with Crippen LogP contribution in [0, 0.1) is 5.82 Å². The zero-order valence-electron chi connectivity index (χ0n) is 14.0. The Morgan fingerprint density at radius 3 is 2.76 bits per heavy atom. The molecule has 1 aliphatic heterocycles. The number of nitrogens with zero attached hydrogens (tertiary/aromatic N) is 5. The molecule has 0 N–H and O–H groups in total. The highest BCUT2D eigenvalue weighted by atomic mass is 19.1. The molecule has 4 rings (SSSR count). The highest BCUT2D eigenvalue weighted by Gasteiger charge is 2.33. The van der Waals surface area contributed by atoms with Gasteiger partial charge in [-0.15, -0.1) is 0 Å². The van der Waals surface area contributed by atoms with Crippen LogP contribution in [0.3, 0.4) is 0 Å². The van der Waals surface area contributed by atoms with E-state index in [1.165, 1.54) is 10.7 Å². The zero-order chi connectivity index (χ0) is 17.6. The quantitative estimate of drug-likeness (QED) is 0.720. The molecule has 1 amide bonds. The summed E-state index contributed by atoms with van der Waals surface area (Å²) in [5.41, 5.74) is 0.587. The van der Waals surface area contributed by atoms with Gasteiger partial charge in [-0.25, -0.2) is 13.8 Å². The lowest BCUT2D eigenvalue weighted by molar-refractivity contribution is 0.0961. The Bertz CT molecular complexity index is 931. The van der Waals surface area contributed by atoms with E-state index in [2.05, 4.69) is 17.1 Å². The maximum absolute atomic E-state index is 13.9. The number of rotatable bonds is 2. The van der Waals surface area contributed by atoms with Crippen molar-refractivity contribution in [2.45, 2.75) is 32.4 Å². The lowest BCUT2D eigenvalue weighted by atomic mass is 10.1. The molecule has 0 fully saturated rings. The van der Waals surface area contributed by atoms with Gasteiger partial charge in [-0.05, 0) is 38.5 Å². The zero-order valence-corrected chi connectivity index (χ0v) is 14.0. The molecule has 3 aromatic rings. The molecule has 6 nitrogen and oxygen atoms in total. The molecule has 0 aliphatic carbocycles. The van der Waals surface area contributed by atoms with E-state index in [-0.39, 0.29) is 29.5 Å². The Morgan fingerprint density at radius 1 is 1.16 bits per heavy atom. The largest absolute Gasteiger partial charge is 0.289 e. The third-order valence-corrected chi connectivity index (χ3v) is 4.56. The van der Waals surface area contributed by atoms with Crippen molar-refractivity contribution in [1.82, 2.24) is 19.6 Å². The van der Waals surface area contributed by atoms with Gasteiger partial charge in [0.15, 0.2) is 5.69 Å². The molecule has 7 heteroatoms. The fraction of sp³-hybridized carbons (Fsp3) is 0.278. The normalized spacial score (nSPS) is 19.7. The first kappa shape index (κ1) is 15.6. The van der Waals surface area contributed by atoms with Crippen molar-refractivity contribution in [2.75, 3.05) is 4.90 Å². The number of fused-ring (bicyclic) bond motifs is 1. The van der Waals surface area contributed by atoms with Gasteiger partial charge >= 0.3 is 0 Å². The molecule has 3 heterocycles. The van der Waals surface area contributed by atoms with Crippen LogP contribution >= 0.6 is 0 Å². The summed E-state index contributed by atoms with van der Waals surface area (Å²) in [6.45, 7) is 4.10. The summed E-state index contributed by atoms with van der Waals surface area (Å²) in [6.07, 6.45) is 4.11. The fourth-order valence-corrected chi connectivity index (χ4v) is 3.40. The number of carbonyl (C=O) groups excluding carboxylic acids is 1. The summed E-state index contributed by atoms with van der Waals surface area (Å²) in [4.78, 5) is 14.7. The van der Waals surface area contributed by atoms with Gasteiger partial charge in [0, 0.05) is 18.3 Å². The minimum Gasteiger partial charge on any atom is -0.289 e. The Labute approximate surface area is 144 Å². The van der Waals surface area contributed by atoms with E-state index in [4.69, 9.17) is 0 Å². The molecular formula is C18H18FN5O. The Morgan fingerprint density at radius 2 is 1.96 bits per heavy atom. The standard InChI is InChI=1S/C18H18FN5O/c1-12-11-13(2)24-17(7-9-20-24)23(12)18(25)15-8-10-22(21-15)16-6-4-3-5-14(16)19/h3-10,12-13H,11H2,1-2H3/t12-,13-/m1/s1. The van der Waals surface area contributed by atoms with Crippen molar-refractivity contribution >= 4 is 11.7 Å². The molecular weight excluding hydrogens is 321 g/mol. The first-order chi connectivity index (χ1) is 12.1. The lowest BCUT2D eigenvalue weighted by Crippen LogP contribution is -2.45. The maximum atomic E-state index is 13.9. The van der Waals surface area contributed by atoms with Crippen LogP contribution in [0.4, 0.5) is 10.2 Å². The smallest absolute Gasteiger partial charge is 0.280 e. The number of hydrogen-bond donors (Lipinski definition) is 0. The van der Waals surface area contributed by atoms with E-state index in [9.17, 15) is 9.18 Å². The molecule has 0 bridgehead atoms. The summed E-state index contributed by atoms with van der Waals surface area (Å²) in [5.74, 6) is 0.163. The van der Waals surface area contributed by atoms with Crippen molar-refractivity contribution in [2.24, 2.45) is 0 Å². The molecule has 2 aromatic heterocycles. The van der Waals surface area contributed by atoms with Gasteiger partial charge in [-0.1, -0.05) is 12.1 Å². The van der Waals surface area contributed by atoms with Crippen LogP contribution in [-0.4, -0.2) is 31.5 Å². The van der Waals surface area contributed by atoms with Crippen LogP contribution in [0.15, 0.2) is 48.8 Å². The number of hydrogen-bond acceptors (Lipinski definition) is 3. The van der Waals surface area contributed by atoms with E-state index >= 15 is 0 Å². The third kappa shape index (κ3) is 2.52. The number of amides is 1. The van der Waals surface area contributed by atoms with E-state index < -0.39 is 0 Å². The number of anilines is 1. The van der Waals surface area contributed by atoms with Crippen molar-refractivity contribution in [1.29, 1.82) is 0 Å². The topological polar surface area (TPSA) is 56.0 Å². The van der Waals surface area contributed by atoms with E-state index in [0.29, 0.717) is 5.69 Å². The molecule has 0 saturated carbocycles. The Kier molecular flexibility index (Phi) is 3.63.